The number of aliphatic hydroxyl groups is 2. The number of aliphatic hydroxyl groups excluding tert-OH is 2. The van der Waals surface area contributed by atoms with Gasteiger partial charge in [0, 0.05) is 4.90 Å². The lowest BCUT2D eigenvalue weighted by Gasteiger charge is -2.20. The molecule has 0 amide bonds. The predicted molar refractivity (Wildman–Crippen MR) is 73.6 cm³/mol. The van der Waals surface area contributed by atoms with Gasteiger partial charge in [0.05, 0.1) is 12.2 Å². The van der Waals surface area contributed by atoms with Gasteiger partial charge < -0.3 is 10.2 Å². The Kier molecular flexibility index (Phi) is 6.03. The highest BCUT2D eigenvalue weighted by atomic mass is 32.2. The van der Waals surface area contributed by atoms with Crippen LogP contribution in [0.25, 0.3) is 0 Å². The molecule has 1 aromatic carbocycles. The summed E-state index contributed by atoms with van der Waals surface area (Å²) in [5.41, 5.74) is 1.21. The first-order valence-corrected chi connectivity index (χ1v) is 7.31. The summed E-state index contributed by atoms with van der Waals surface area (Å²) in [4.78, 5) is 1.25. The second kappa shape index (κ2) is 7.04. The molecular weight excluding hydrogens is 232 g/mol. The van der Waals surface area contributed by atoms with E-state index in [9.17, 15) is 10.2 Å². The van der Waals surface area contributed by atoms with Crippen molar-refractivity contribution in [2.45, 2.75) is 49.7 Å². The Morgan fingerprint density at radius 2 is 1.71 bits per heavy atom. The first-order valence-electron chi connectivity index (χ1n) is 6.08. The second-order valence-corrected chi connectivity index (χ2v) is 5.33. The predicted octanol–water partition coefficient (Wildman–Crippen LogP) is 3.03. The second-order valence-electron chi connectivity index (χ2n) is 4.45. The average Bonchev–Trinajstić information content (AvgIpc) is 2.37. The van der Waals surface area contributed by atoms with E-state index in [1.165, 1.54) is 10.5 Å². The first-order chi connectivity index (χ1) is 8.08. The van der Waals surface area contributed by atoms with Gasteiger partial charge >= 0.3 is 0 Å². The lowest BCUT2D eigenvalue weighted by atomic mass is 9.92. The van der Waals surface area contributed by atoms with Gasteiger partial charge in [-0.2, -0.15) is 0 Å². The molecular formula is C14H22O2S. The van der Waals surface area contributed by atoms with Crippen LogP contribution in [0.1, 0.15) is 38.2 Å². The SMILES string of the molecule is CCC(O)C(O)CC(C)c1ccc(SC)cc1. The molecule has 1 rings (SSSR count). The quantitative estimate of drug-likeness (QED) is 0.767. The fraction of sp³-hybridized carbons (Fsp3) is 0.571. The maximum Gasteiger partial charge on any atom is 0.0804 e. The van der Waals surface area contributed by atoms with Crippen molar-refractivity contribution in [3.8, 4) is 0 Å². The standard InChI is InChI=1S/C14H22O2S/c1-4-13(15)14(16)9-10(2)11-5-7-12(17-3)8-6-11/h5-8,10,13-16H,4,9H2,1-3H3. The minimum Gasteiger partial charge on any atom is -0.390 e. The van der Waals surface area contributed by atoms with Crippen molar-refractivity contribution in [2.75, 3.05) is 6.26 Å². The smallest absolute Gasteiger partial charge is 0.0804 e. The summed E-state index contributed by atoms with van der Waals surface area (Å²) in [6.07, 6.45) is 2.02. The van der Waals surface area contributed by atoms with E-state index in [2.05, 4.69) is 37.4 Å². The van der Waals surface area contributed by atoms with E-state index in [1.54, 1.807) is 11.8 Å². The van der Waals surface area contributed by atoms with Crippen molar-refractivity contribution in [3.05, 3.63) is 29.8 Å². The Morgan fingerprint density at radius 1 is 1.12 bits per heavy atom. The average molecular weight is 254 g/mol. The van der Waals surface area contributed by atoms with Crippen molar-refractivity contribution < 1.29 is 10.2 Å². The van der Waals surface area contributed by atoms with Crippen LogP contribution in [0.4, 0.5) is 0 Å². The maximum atomic E-state index is 9.80. The van der Waals surface area contributed by atoms with E-state index in [0.717, 1.165) is 0 Å². The lowest BCUT2D eigenvalue weighted by molar-refractivity contribution is 0.00953. The molecule has 3 heteroatoms. The van der Waals surface area contributed by atoms with Gasteiger partial charge in [-0.25, -0.2) is 0 Å². The minimum atomic E-state index is -0.629. The summed E-state index contributed by atoms with van der Waals surface area (Å²) >= 11 is 1.72. The third-order valence-corrected chi connectivity index (χ3v) is 3.89. The van der Waals surface area contributed by atoms with Gasteiger partial charge in [-0.3, -0.25) is 0 Å². The first kappa shape index (κ1) is 14.6. The van der Waals surface area contributed by atoms with E-state index in [1.807, 2.05) is 6.92 Å². The molecule has 0 heterocycles. The molecule has 96 valence electrons. The molecule has 0 aliphatic carbocycles. The van der Waals surface area contributed by atoms with Crippen molar-refractivity contribution >= 4 is 11.8 Å². The molecule has 2 N–H and O–H groups in total. The molecule has 0 fully saturated rings. The highest BCUT2D eigenvalue weighted by Gasteiger charge is 2.18. The molecule has 3 unspecified atom stereocenters. The summed E-state index contributed by atoms with van der Waals surface area (Å²) in [6, 6.07) is 8.39. The molecule has 0 aliphatic heterocycles. The third-order valence-electron chi connectivity index (χ3n) is 3.14. The van der Waals surface area contributed by atoms with Gasteiger partial charge in [-0.1, -0.05) is 26.0 Å². The summed E-state index contributed by atoms with van der Waals surface area (Å²) in [5.74, 6) is 0.266. The molecule has 0 aromatic heterocycles. The van der Waals surface area contributed by atoms with E-state index in [4.69, 9.17) is 0 Å². The topological polar surface area (TPSA) is 40.5 Å². The fourth-order valence-electron chi connectivity index (χ4n) is 1.86. The van der Waals surface area contributed by atoms with Crippen LogP contribution in [0, 0.1) is 0 Å². The zero-order valence-electron chi connectivity index (χ0n) is 10.8. The molecule has 0 bridgehead atoms. The Labute approximate surface area is 108 Å². The van der Waals surface area contributed by atoms with Crippen molar-refractivity contribution in [1.82, 2.24) is 0 Å². The van der Waals surface area contributed by atoms with E-state index >= 15 is 0 Å². The molecule has 0 spiro atoms. The summed E-state index contributed by atoms with van der Waals surface area (Å²) in [5, 5.41) is 19.3. The fourth-order valence-corrected chi connectivity index (χ4v) is 2.27. The van der Waals surface area contributed by atoms with Crippen LogP contribution in [0.5, 0.6) is 0 Å². The van der Waals surface area contributed by atoms with Crippen LogP contribution in [0.2, 0.25) is 0 Å². The highest BCUT2D eigenvalue weighted by molar-refractivity contribution is 7.98. The van der Waals surface area contributed by atoms with E-state index < -0.39 is 12.2 Å². The Morgan fingerprint density at radius 3 is 2.18 bits per heavy atom. The summed E-state index contributed by atoms with van der Waals surface area (Å²) in [7, 11) is 0. The highest BCUT2D eigenvalue weighted by Crippen LogP contribution is 2.24. The van der Waals surface area contributed by atoms with Crippen LogP contribution >= 0.6 is 11.8 Å². The Balaban J connectivity index is 2.59. The summed E-state index contributed by atoms with van der Waals surface area (Å²) in [6.45, 7) is 3.96. The number of hydrogen-bond acceptors (Lipinski definition) is 3. The van der Waals surface area contributed by atoms with E-state index in [-0.39, 0.29) is 5.92 Å². The minimum absolute atomic E-state index is 0.266. The maximum absolute atomic E-state index is 9.80. The molecule has 2 nitrogen and oxygen atoms in total. The van der Waals surface area contributed by atoms with Gasteiger partial charge in [-0.05, 0) is 42.7 Å². The Bertz CT molecular complexity index is 323. The normalized spacial score (nSPS) is 16.5. The Hall–Kier alpha value is -0.510. The van der Waals surface area contributed by atoms with Crippen LogP contribution in [0.3, 0.4) is 0 Å². The molecule has 3 atom stereocenters. The van der Waals surface area contributed by atoms with Gasteiger partial charge in [0.25, 0.3) is 0 Å². The van der Waals surface area contributed by atoms with Crippen molar-refractivity contribution in [1.29, 1.82) is 0 Å². The molecule has 0 saturated carbocycles. The molecule has 0 radical (unpaired) electrons. The zero-order valence-corrected chi connectivity index (χ0v) is 11.6. The van der Waals surface area contributed by atoms with Gasteiger partial charge in [0.1, 0.15) is 0 Å². The van der Waals surface area contributed by atoms with Crippen LogP contribution < -0.4 is 0 Å². The molecule has 17 heavy (non-hydrogen) atoms. The largest absolute Gasteiger partial charge is 0.390 e. The number of hydrogen-bond donors (Lipinski definition) is 2. The monoisotopic (exact) mass is 254 g/mol. The van der Waals surface area contributed by atoms with Gasteiger partial charge in [0.2, 0.25) is 0 Å². The van der Waals surface area contributed by atoms with Crippen LogP contribution in [0.15, 0.2) is 29.2 Å². The number of benzene rings is 1. The number of thioether (sulfide) groups is 1. The summed E-state index contributed by atoms with van der Waals surface area (Å²) < 4.78 is 0. The zero-order chi connectivity index (χ0) is 12.8. The number of rotatable bonds is 6. The van der Waals surface area contributed by atoms with E-state index in [0.29, 0.717) is 12.8 Å². The molecule has 0 aliphatic rings. The van der Waals surface area contributed by atoms with Gasteiger partial charge in [-0.15, -0.1) is 11.8 Å². The molecule has 1 aromatic rings. The van der Waals surface area contributed by atoms with Crippen molar-refractivity contribution in [3.63, 3.8) is 0 Å². The van der Waals surface area contributed by atoms with Crippen LogP contribution in [-0.2, 0) is 0 Å². The molecule has 0 saturated heterocycles. The van der Waals surface area contributed by atoms with Crippen LogP contribution in [-0.4, -0.2) is 28.7 Å². The third kappa shape index (κ3) is 4.34. The van der Waals surface area contributed by atoms with Gasteiger partial charge in [0.15, 0.2) is 0 Å². The lowest BCUT2D eigenvalue weighted by Crippen LogP contribution is -2.26. The van der Waals surface area contributed by atoms with Crippen molar-refractivity contribution in [2.24, 2.45) is 0 Å².